The topological polar surface area (TPSA) is 49.2 Å². The molecule has 152 valence electrons. The molecule has 2 aromatic heterocycles. The van der Waals surface area contributed by atoms with E-state index in [0.717, 1.165) is 48.6 Å². The third-order valence-corrected chi connectivity index (χ3v) is 5.62. The van der Waals surface area contributed by atoms with Crippen molar-refractivity contribution in [3.63, 3.8) is 0 Å². The van der Waals surface area contributed by atoms with Crippen LogP contribution in [0.5, 0.6) is 11.5 Å². The van der Waals surface area contributed by atoms with Crippen LogP contribution in [0.2, 0.25) is 0 Å². The number of aromatic nitrogens is 3. The molecule has 2 aromatic carbocycles. The fourth-order valence-electron chi connectivity index (χ4n) is 3.55. The normalized spacial score (nSPS) is 12.0. The SMILES string of the molecule is CCn1c2nc3cc(OC(C)C)c(OC(C)C)cc3nc2c2cc(Br)cc(Br)c21. The lowest BCUT2D eigenvalue weighted by Gasteiger charge is -2.17. The summed E-state index contributed by atoms with van der Waals surface area (Å²) < 4.78 is 16.2. The van der Waals surface area contributed by atoms with Crippen LogP contribution in [0.25, 0.3) is 33.1 Å². The molecular formula is C22H23Br2N3O2. The van der Waals surface area contributed by atoms with Crippen LogP contribution in [0.1, 0.15) is 34.6 Å². The van der Waals surface area contributed by atoms with Crippen LogP contribution >= 0.6 is 31.9 Å². The summed E-state index contributed by atoms with van der Waals surface area (Å²) in [6.07, 6.45) is 0.0709. The standard InChI is InChI=1S/C22H23Br2N3O2/c1-6-27-21-14(7-13(23)8-15(21)24)20-22(27)26-17-10-19(29-12(4)5)18(28-11(2)3)9-16(17)25-20/h7-12H,6H2,1-5H3. The van der Waals surface area contributed by atoms with Crippen molar-refractivity contribution in [3.8, 4) is 11.5 Å². The molecule has 0 spiro atoms. The molecular weight excluding hydrogens is 498 g/mol. The highest BCUT2D eigenvalue weighted by Crippen LogP contribution is 2.38. The number of hydrogen-bond donors (Lipinski definition) is 0. The molecule has 5 nitrogen and oxygen atoms in total. The molecule has 4 rings (SSSR count). The van der Waals surface area contributed by atoms with Gasteiger partial charge in [-0.3, -0.25) is 0 Å². The first-order chi connectivity index (χ1) is 13.8. The zero-order valence-corrected chi connectivity index (χ0v) is 20.3. The Hall–Kier alpha value is -1.86. The van der Waals surface area contributed by atoms with Gasteiger partial charge in [-0.25, -0.2) is 9.97 Å². The number of benzene rings is 2. The Bertz CT molecular complexity index is 1230. The second-order valence-corrected chi connectivity index (χ2v) is 9.31. The van der Waals surface area contributed by atoms with Crippen molar-refractivity contribution in [3.05, 3.63) is 33.2 Å². The van der Waals surface area contributed by atoms with Crippen LogP contribution in [0.4, 0.5) is 0 Å². The Labute approximate surface area is 186 Å². The molecule has 0 bridgehead atoms. The first-order valence-electron chi connectivity index (χ1n) is 9.74. The highest BCUT2D eigenvalue weighted by molar-refractivity contribution is 9.11. The molecule has 0 aliphatic heterocycles. The van der Waals surface area contributed by atoms with Crippen molar-refractivity contribution >= 4 is 65.0 Å². The Balaban J connectivity index is 2.06. The summed E-state index contributed by atoms with van der Waals surface area (Å²) in [6, 6.07) is 8.01. The predicted octanol–water partition coefficient (Wildman–Crippen LogP) is 6.86. The van der Waals surface area contributed by atoms with E-state index in [1.54, 1.807) is 0 Å². The van der Waals surface area contributed by atoms with E-state index in [4.69, 9.17) is 19.4 Å². The maximum absolute atomic E-state index is 6.01. The number of hydrogen-bond acceptors (Lipinski definition) is 4. The van der Waals surface area contributed by atoms with Gasteiger partial charge in [0.25, 0.3) is 0 Å². The molecule has 0 atom stereocenters. The zero-order valence-electron chi connectivity index (χ0n) is 17.1. The molecule has 0 saturated heterocycles. The van der Waals surface area contributed by atoms with Crippen molar-refractivity contribution in [1.29, 1.82) is 0 Å². The number of nitrogens with zero attached hydrogens (tertiary/aromatic N) is 3. The van der Waals surface area contributed by atoms with E-state index in [9.17, 15) is 0 Å². The summed E-state index contributed by atoms with van der Waals surface area (Å²) in [5.41, 5.74) is 4.41. The van der Waals surface area contributed by atoms with Gasteiger partial charge in [0.05, 0.1) is 28.8 Å². The fourth-order valence-corrected chi connectivity index (χ4v) is 4.99. The second kappa shape index (κ2) is 7.76. The second-order valence-electron chi connectivity index (χ2n) is 7.54. The van der Waals surface area contributed by atoms with Gasteiger partial charge in [0.15, 0.2) is 17.1 Å². The first-order valence-corrected chi connectivity index (χ1v) is 11.3. The van der Waals surface area contributed by atoms with Crippen molar-refractivity contribution in [2.24, 2.45) is 0 Å². The van der Waals surface area contributed by atoms with Gasteiger partial charge in [0.2, 0.25) is 0 Å². The van der Waals surface area contributed by atoms with Crippen molar-refractivity contribution < 1.29 is 9.47 Å². The Kier molecular flexibility index (Phi) is 5.46. The molecule has 7 heteroatoms. The number of rotatable bonds is 5. The highest BCUT2D eigenvalue weighted by atomic mass is 79.9. The third kappa shape index (κ3) is 3.70. The summed E-state index contributed by atoms with van der Waals surface area (Å²) in [5, 5.41) is 1.06. The molecule has 0 saturated carbocycles. The fraction of sp³-hybridized carbons (Fsp3) is 0.364. The van der Waals surface area contributed by atoms with Gasteiger partial charge in [-0.1, -0.05) is 15.9 Å². The van der Waals surface area contributed by atoms with Gasteiger partial charge < -0.3 is 14.0 Å². The highest BCUT2D eigenvalue weighted by Gasteiger charge is 2.19. The Morgan fingerprint density at radius 3 is 2.03 bits per heavy atom. The quantitative estimate of drug-likeness (QED) is 0.288. The van der Waals surface area contributed by atoms with Gasteiger partial charge in [0, 0.05) is 33.0 Å². The van der Waals surface area contributed by atoms with Crippen LogP contribution in [0, 0.1) is 0 Å². The monoisotopic (exact) mass is 519 g/mol. The molecule has 4 aromatic rings. The third-order valence-electron chi connectivity index (χ3n) is 4.56. The average molecular weight is 521 g/mol. The molecule has 0 aliphatic rings. The smallest absolute Gasteiger partial charge is 0.163 e. The zero-order chi connectivity index (χ0) is 20.9. The van der Waals surface area contributed by atoms with E-state index in [0.29, 0.717) is 11.5 Å². The van der Waals surface area contributed by atoms with E-state index in [1.165, 1.54) is 0 Å². The average Bonchev–Trinajstić information content (AvgIpc) is 2.92. The molecule has 0 unspecified atom stereocenters. The number of halogens is 2. The Morgan fingerprint density at radius 2 is 1.48 bits per heavy atom. The van der Waals surface area contributed by atoms with Crippen molar-refractivity contribution in [2.75, 3.05) is 0 Å². The van der Waals surface area contributed by atoms with Gasteiger partial charge >= 0.3 is 0 Å². The van der Waals surface area contributed by atoms with Crippen LogP contribution in [-0.2, 0) is 6.54 Å². The maximum atomic E-state index is 6.01. The molecule has 0 aliphatic carbocycles. The number of aryl methyl sites for hydroxylation is 1. The number of fused-ring (bicyclic) bond motifs is 4. The summed E-state index contributed by atoms with van der Waals surface area (Å²) in [7, 11) is 0. The van der Waals surface area contributed by atoms with Gasteiger partial charge in [0.1, 0.15) is 5.52 Å². The molecule has 0 amide bonds. The molecule has 29 heavy (non-hydrogen) atoms. The minimum atomic E-state index is 0.0348. The summed E-state index contributed by atoms with van der Waals surface area (Å²) >= 11 is 7.30. The summed E-state index contributed by atoms with van der Waals surface area (Å²) in [6.45, 7) is 10.9. The summed E-state index contributed by atoms with van der Waals surface area (Å²) in [5.74, 6) is 1.38. The lowest BCUT2D eigenvalue weighted by atomic mass is 10.2. The lowest BCUT2D eigenvalue weighted by Crippen LogP contribution is -2.11. The largest absolute Gasteiger partial charge is 0.487 e. The van der Waals surface area contributed by atoms with E-state index < -0.39 is 0 Å². The molecule has 0 fully saturated rings. The van der Waals surface area contributed by atoms with Crippen LogP contribution < -0.4 is 9.47 Å². The molecule has 0 radical (unpaired) electrons. The minimum absolute atomic E-state index is 0.0348. The minimum Gasteiger partial charge on any atom is -0.487 e. The summed E-state index contributed by atoms with van der Waals surface area (Å²) in [4.78, 5) is 9.96. The van der Waals surface area contributed by atoms with Crippen molar-refractivity contribution in [1.82, 2.24) is 14.5 Å². The molecule has 2 heterocycles. The first kappa shape index (κ1) is 20.4. The predicted molar refractivity (Wildman–Crippen MR) is 125 cm³/mol. The van der Waals surface area contributed by atoms with Gasteiger partial charge in [-0.05, 0) is 62.7 Å². The maximum Gasteiger partial charge on any atom is 0.163 e. The van der Waals surface area contributed by atoms with Crippen LogP contribution in [-0.4, -0.2) is 26.7 Å². The van der Waals surface area contributed by atoms with Gasteiger partial charge in [-0.2, -0.15) is 0 Å². The molecule has 0 N–H and O–H groups in total. The number of ether oxygens (including phenoxy) is 2. The van der Waals surface area contributed by atoms with E-state index in [-0.39, 0.29) is 12.2 Å². The van der Waals surface area contributed by atoms with Gasteiger partial charge in [-0.15, -0.1) is 0 Å². The van der Waals surface area contributed by atoms with Crippen molar-refractivity contribution in [2.45, 2.75) is 53.4 Å². The van der Waals surface area contributed by atoms with E-state index in [2.05, 4.69) is 55.5 Å². The lowest BCUT2D eigenvalue weighted by molar-refractivity contribution is 0.199. The van der Waals surface area contributed by atoms with Crippen LogP contribution in [0.3, 0.4) is 0 Å². The Morgan fingerprint density at radius 1 is 0.897 bits per heavy atom. The van der Waals surface area contributed by atoms with E-state index >= 15 is 0 Å². The van der Waals surface area contributed by atoms with E-state index in [1.807, 2.05) is 39.8 Å². The van der Waals surface area contributed by atoms with Crippen LogP contribution in [0.15, 0.2) is 33.2 Å².